The van der Waals surface area contributed by atoms with Crippen LogP contribution in [0.4, 0.5) is 5.82 Å². The molecular weight excluding hydrogens is 264 g/mol. The van der Waals surface area contributed by atoms with Crippen molar-refractivity contribution in [3.05, 3.63) is 53.5 Å². The predicted molar refractivity (Wildman–Crippen MR) is 81.2 cm³/mol. The second-order valence-electron chi connectivity index (χ2n) is 5.30. The summed E-state index contributed by atoms with van der Waals surface area (Å²) in [6, 6.07) is 9.47. The van der Waals surface area contributed by atoms with Gasteiger partial charge in [-0.25, -0.2) is 9.97 Å². The topological polar surface area (TPSA) is 49.3 Å². The molecule has 1 aliphatic heterocycles. The first-order chi connectivity index (χ1) is 10.1. The summed E-state index contributed by atoms with van der Waals surface area (Å²) in [5, 5.41) is 0. The van der Waals surface area contributed by atoms with Gasteiger partial charge in [0.25, 0.3) is 5.91 Å². The Balaban J connectivity index is 1.89. The van der Waals surface area contributed by atoms with Crippen LogP contribution in [0.2, 0.25) is 0 Å². The van der Waals surface area contributed by atoms with Gasteiger partial charge >= 0.3 is 0 Å². The van der Waals surface area contributed by atoms with Crippen LogP contribution in [0.25, 0.3) is 0 Å². The number of anilines is 1. The summed E-state index contributed by atoms with van der Waals surface area (Å²) < 4.78 is 0. The third kappa shape index (κ3) is 2.72. The third-order valence-corrected chi connectivity index (χ3v) is 3.69. The number of rotatable bonds is 1. The minimum Gasteiger partial charge on any atom is -0.358 e. The fourth-order valence-corrected chi connectivity index (χ4v) is 2.56. The van der Waals surface area contributed by atoms with Crippen molar-refractivity contribution in [2.45, 2.75) is 13.5 Å². The van der Waals surface area contributed by atoms with E-state index >= 15 is 0 Å². The minimum atomic E-state index is -0.0243. The molecular formula is C16H18N4O. The zero-order chi connectivity index (χ0) is 14.8. The van der Waals surface area contributed by atoms with Crippen molar-refractivity contribution in [2.24, 2.45) is 0 Å². The Bertz CT molecular complexity index is 671. The van der Waals surface area contributed by atoms with E-state index in [0.717, 1.165) is 23.6 Å². The van der Waals surface area contributed by atoms with Gasteiger partial charge in [0.1, 0.15) is 11.5 Å². The number of aromatic nitrogens is 2. The molecule has 0 spiro atoms. The first-order valence-corrected chi connectivity index (χ1v) is 7.03. The van der Waals surface area contributed by atoms with Crippen LogP contribution < -0.4 is 4.90 Å². The van der Waals surface area contributed by atoms with Crippen LogP contribution >= 0.6 is 0 Å². The molecule has 0 unspecified atom stereocenters. The number of carbonyl (C=O) groups is 1. The van der Waals surface area contributed by atoms with Gasteiger partial charge in [0.2, 0.25) is 0 Å². The lowest BCUT2D eigenvalue weighted by Gasteiger charge is -2.20. The second-order valence-corrected chi connectivity index (χ2v) is 5.30. The number of nitrogens with zero attached hydrogens (tertiary/aromatic N) is 4. The van der Waals surface area contributed by atoms with Crippen LogP contribution in [0, 0.1) is 6.92 Å². The van der Waals surface area contributed by atoms with E-state index in [2.05, 4.69) is 14.9 Å². The van der Waals surface area contributed by atoms with Gasteiger partial charge in [0, 0.05) is 44.1 Å². The molecule has 5 nitrogen and oxygen atoms in total. The summed E-state index contributed by atoms with van der Waals surface area (Å²) in [5.74, 6) is 0.925. The van der Waals surface area contributed by atoms with Crippen molar-refractivity contribution in [2.75, 3.05) is 25.0 Å². The van der Waals surface area contributed by atoms with E-state index < -0.39 is 0 Å². The molecule has 0 radical (unpaired) electrons. The van der Waals surface area contributed by atoms with E-state index in [9.17, 15) is 4.79 Å². The molecule has 2 aromatic heterocycles. The Morgan fingerprint density at radius 2 is 2.05 bits per heavy atom. The van der Waals surface area contributed by atoms with E-state index in [4.69, 9.17) is 0 Å². The number of fused-ring (bicyclic) bond motifs is 1. The number of amides is 1. The molecule has 0 fully saturated rings. The van der Waals surface area contributed by atoms with Crippen molar-refractivity contribution in [3.8, 4) is 0 Å². The zero-order valence-electron chi connectivity index (χ0n) is 12.3. The Kier molecular flexibility index (Phi) is 3.56. The Morgan fingerprint density at radius 1 is 1.19 bits per heavy atom. The number of carbonyl (C=O) groups excluding carboxylic acids is 1. The molecule has 21 heavy (non-hydrogen) atoms. The fourth-order valence-electron chi connectivity index (χ4n) is 2.56. The Labute approximate surface area is 124 Å². The summed E-state index contributed by atoms with van der Waals surface area (Å²) in [6.07, 6.45) is 1.79. The highest BCUT2D eigenvalue weighted by molar-refractivity contribution is 5.92. The molecule has 1 amide bonds. The van der Waals surface area contributed by atoms with E-state index in [-0.39, 0.29) is 5.91 Å². The van der Waals surface area contributed by atoms with Crippen molar-refractivity contribution in [3.63, 3.8) is 0 Å². The highest BCUT2D eigenvalue weighted by Crippen LogP contribution is 2.21. The molecule has 2 aromatic rings. The SMILES string of the molecule is Cc1cccc(C(=O)N2CCN(C)c3ncccc3C2)n1. The van der Waals surface area contributed by atoms with Gasteiger partial charge in [-0.2, -0.15) is 0 Å². The van der Waals surface area contributed by atoms with E-state index in [1.54, 1.807) is 12.3 Å². The molecule has 0 saturated carbocycles. The van der Waals surface area contributed by atoms with Crippen LogP contribution in [0.15, 0.2) is 36.5 Å². The smallest absolute Gasteiger partial charge is 0.272 e. The molecule has 3 rings (SSSR count). The maximum Gasteiger partial charge on any atom is 0.272 e. The molecule has 108 valence electrons. The second kappa shape index (κ2) is 5.52. The normalized spacial score (nSPS) is 14.6. The lowest BCUT2D eigenvalue weighted by molar-refractivity contribution is 0.0745. The summed E-state index contributed by atoms with van der Waals surface area (Å²) in [6.45, 7) is 3.90. The molecule has 0 saturated heterocycles. The summed E-state index contributed by atoms with van der Waals surface area (Å²) in [5.41, 5.74) is 2.43. The van der Waals surface area contributed by atoms with Gasteiger partial charge in [-0.3, -0.25) is 4.79 Å². The van der Waals surface area contributed by atoms with Crippen molar-refractivity contribution >= 4 is 11.7 Å². The summed E-state index contributed by atoms with van der Waals surface area (Å²) in [7, 11) is 2.00. The lowest BCUT2D eigenvalue weighted by atomic mass is 10.2. The van der Waals surface area contributed by atoms with Gasteiger partial charge in [0.15, 0.2) is 0 Å². The highest BCUT2D eigenvalue weighted by Gasteiger charge is 2.23. The molecule has 0 atom stereocenters. The average Bonchev–Trinajstić information content (AvgIpc) is 2.66. The van der Waals surface area contributed by atoms with Gasteiger partial charge < -0.3 is 9.80 Å². The average molecular weight is 282 g/mol. The largest absolute Gasteiger partial charge is 0.358 e. The van der Waals surface area contributed by atoms with E-state index in [1.165, 1.54) is 0 Å². The van der Waals surface area contributed by atoms with Crippen LogP contribution in [0.5, 0.6) is 0 Å². The fraction of sp³-hybridized carbons (Fsp3) is 0.312. The Hall–Kier alpha value is -2.43. The Morgan fingerprint density at radius 3 is 2.86 bits per heavy atom. The molecule has 0 aromatic carbocycles. The first kappa shape index (κ1) is 13.5. The molecule has 1 aliphatic rings. The van der Waals surface area contributed by atoms with Gasteiger partial charge in [-0.05, 0) is 25.1 Å². The van der Waals surface area contributed by atoms with Crippen LogP contribution in [0.1, 0.15) is 21.7 Å². The minimum absolute atomic E-state index is 0.0243. The van der Waals surface area contributed by atoms with E-state index in [1.807, 2.05) is 43.1 Å². The van der Waals surface area contributed by atoms with Crippen molar-refractivity contribution < 1.29 is 4.79 Å². The van der Waals surface area contributed by atoms with Crippen molar-refractivity contribution in [1.29, 1.82) is 0 Å². The molecule has 0 N–H and O–H groups in total. The maximum atomic E-state index is 12.6. The zero-order valence-corrected chi connectivity index (χ0v) is 12.3. The third-order valence-electron chi connectivity index (χ3n) is 3.69. The molecule has 0 aliphatic carbocycles. The lowest BCUT2D eigenvalue weighted by Crippen LogP contribution is -2.34. The van der Waals surface area contributed by atoms with Crippen molar-refractivity contribution in [1.82, 2.24) is 14.9 Å². The molecule has 3 heterocycles. The highest BCUT2D eigenvalue weighted by atomic mass is 16.2. The molecule has 5 heteroatoms. The number of aryl methyl sites for hydroxylation is 1. The number of hydrogen-bond acceptors (Lipinski definition) is 4. The predicted octanol–water partition coefficient (Wildman–Crippen LogP) is 1.88. The number of pyridine rings is 2. The van der Waals surface area contributed by atoms with Crippen LogP contribution in [0.3, 0.4) is 0 Å². The molecule has 0 bridgehead atoms. The first-order valence-electron chi connectivity index (χ1n) is 7.03. The van der Waals surface area contributed by atoms with Gasteiger partial charge in [0.05, 0.1) is 0 Å². The summed E-state index contributed by atoms with van der Waals surface area (Å²) >= 11 is 0. The van der Waals surface area contributed by atoms with Crippen LogP contribution in [-0.4, -0.2) is 40.9 Å². The van der Waals surface area contributed by atoms with Gasteiger partial charge in [-0.15, -0.1) is 0 Å². The maximum absolute atomic E-state index is 12.6. The van der Waals surface area contributed by atoms with Crippen LogP contribution in [-0.2, 0) is 6.54 Å². The standard InChI is InChI=1S/C16H18N4O/c1-12-5-3-7-14(18-12)16(21)20-10-9-19(2)15-13(11-20)6-4-8-17-15/h3-8H,9-11H2,1-2H3. The quantitative estimate of drug-likeness (QED) is 0.801. The monoisotopic (exact) mass is 282 g/mol. The van der Waals surface area contributed by atoms with E-state index in [0.29, 0.717) is 18.8 Å². The van der Waals surface area contributed by atoms with Gasteiger partial charge in [-0.1, -0.05) is 12.1 Å². The summed E-state index contributed by atoms with van der Waals surface area (Å²) in [4.78, 5) is 25.3. The number of likely N-dealkylation sites (N-methyl/N-ethyl adjacent to an activating group) is 1. The number of hydrogen-bond donors (Lipinski definition) is 0.